The first-order valence-electron chi connectivity index (χ1n) is 4.62. The van der Waals surface area contributed by atoms with Crippen molar-refractivity contribution in [2.45, 2.75) is 12.8 Å². The molecule has 0 aliphatic carbocycles. The SMILES string of the molecule is C=C(Cl)/C=C\C(=C)C1CCNCC1. The number of piperidine rings is 1. The smallest absolute Gasteiger partial charge is 0.0334 e. The molecule has 0 aromatic heterocycles. The molecule has 0 bridgehead atoms. The van der Waals surface area contributed by atoms with Crippen LogP contribution >= 0.6 is 11.6 Å². The molecular weight excluding hydrogens is 182 g/mol. The van der Waals surface area contributed by atoms with E-state index in [0.29, 0.717) is 11.0 Å². The van der Waals surface area contributed by atoms with Crippen molar-refractivity contribution in [1.29, 1.82) is 0 Å². The van der Waals surface area contributed by atoms with Gasteiger partial charge in [-0.25, -0.2) is 0 Å². The van der Waals surface area contributed by atoms with Crippen molar-refractivity contribution in [3.63, 3.8) is 0 Å². The summed E-state index contributed by atoms with van der Waals surface area (Å²) in [6, 6.07) is 0. The van der Waals surface area contributed by atoms with E-state index in [1.54, 1.807) is 0 Å². The van der Waals surface area contributed by atoms with Gasteiger partial charge in [0, 0.05) is 5.03 Å². The van der Waals surface area contributed by atoms with Crippen molar-refractivity contribution in [2.75, 3.05) is 13.1 Å². The lowest BCUT2D eigenvalue weighted by Crippen LogP contribution is -2.28. The molecular formula is C11H16ClN. The maximum absolute atomic E-state index is 5.63. The van der Waals surface area contributed by atoms with Crippen molar-refractivity contribution < 1.29 is 0 Å². The van der Waals surface area contributed by atoms with Gasteiger partial charge in [0.2, 0.25) is 0 Å². The highest BCUT2D eigenvalue weighted by Crippen LogP contribution is 2.21. The molecule has 1 nitrogen and oxygen atoms in total. The zero-order chi connectivity index (χ0) is 9.68. The van der Waals surface area contributed by atoms with E-state index in [1.807, 2.05) is 12.2 Å². The predicted octanol–water partition coefficient (Wildman–Crippen LogP) is 2.85. The number of nitrogens with one attached hydrogen (secondary N) is 1. The summed E-state index contributed by atoms with van der Waals surface area (Å²) in [5, 5.41) is 3.89. The molecule has 0 amide bonds. The minimum Gasteiger partial charge on any atom is -0.317 e. The molecule has 1 saturated heterocycles. The molecule has 1 aliphatic heterocycles. The van der Waals surface area contributed by atoms with Gasteiger partial charge in [0.05, 0.1) is 0 Å². The van der Waals surface area contributed by atoms with Crippen molar-refractivity contribution in [3.8, 4) is 0 Å². The molecule has 1 heterocycles. The Hall–Kier alpha value is -0.530. The third-order valence-corrected chi connectivity index (χ3v) is 2.47. The Bertz CT molecular complexity index is 224. The monoisotopic (exact) mass is 197 g/mol. The van der Waals surface area contributed by atoms with Crippen molar-refractivity contribution in [2.24, 2.45) is 5.92 Å². The van der Waals surface area contributed by atoms with Crippen molar-refractivity contribution in [3.05, 3.63) is 35.9 Å². The maximum Gasteiger partial charge on any atom is 0.0334 e. The summed E-state index contributed by atoms with van der Waals surface area (Å²) in [7, 11) is 0. The van der Waals surface area contributed by atoms with E-state index in [0.717, 1.165) is 13.1 Å². The van der Waals surface area contributed by atoms with Crippen LogP contribution in [0.15, 0.2) is 35.9 Å². The van der Waals surface area contributed by atoms with Gasteiger partial charge in [0.1, 0.15) is 0 Å². The number of rotatable bonds is 3. The first kappa shape index (κ1) is 10.6. The second kappa shape index (κ2) is 5.25. The van der Waals surface area contributed by atoms with Crippen molar-refractivity contribution >= 4 is 11.6 Å². The van der Waals surface area contributed by atoms with Crippen LogP contribution in [0, 0.1) is 5.92 Å². The average Bonchev–Trinajstić information content (AvgIpc) is 2.15. The fraction of sp³-hybridized carbons (Fsp3) is 0.455. The predicted molar refractivity (Wildman–Crippen MR) is 58.9 cm³/mol. The first-order chi connectivity index (χ1) is 6.20. The highest BCUT2D eigenvalue weighted by Gasteiger charge is 2.13. The van der Waals surface area contributed by atoms with Crippen molar-refractivity contribution in [1.82, 2.24) is 5.32 Å². The Morgan fingerprint density at radius 3 is 2.38 bits per heavy atom. The van der Waals surface area contributed by atoms with Gasteiger partial charge in [0.25, 0.3) is 0 Å². The molecule has 72 valence electrons. The second-order valence-corrected chi connectivity index (χ2v) is 3.86. The van der Waals surface area contributed by atoms with Gasteiger partial charge in [-0.2, -0.15) is 0 Å². The molecule has 1 fully saturated rings. The van der Waals surface area contributed by atoms with Crippen LogP contribution in [0.5, 0.6) is 0 Å². The lowest BCUT2D eigenvalue weighted by molar-refractivity contribution is 0.426. The quantitative estimate of drug-likeness (QED) is 0.687. The first-order valence-corrected chi connectivity index (χ1v) is 5.00. The van der Waals surface area contributed by atoms with E-state index in [1.165, 1.54) is 18.4 Å². The largest absolute Gasteiger partial charge is 0.317 e. The zero-order valence-corrected chi connectivity index (χ0v) is 8.61. The maximum atomic E-state index is 5.63. The Balaban J connectivity index is 2.41. The molecule has 0 aromatic carbocycles. The molecule has 13 heavy (non-hydrogen) atoms. The summed E-state index contributed by atoms with van der Waals surface area (Å²) in [6.07, 6.45) is 6.15. The minimum absolute atomic E-state index is 0.565. The Labute approximate surface area is 85.2 Å². The van der Waals surface area contributed by atoms with E-state index >= 15 is 0 Å². The van der Waals surface area contributed by atoms with Gasteiger partial charge in [-0.1, -0.05) is 36.4 Å². The second-order valence-electron chi connectivity index (χ2n) is 3.38. The average molecular weight is 198 g/mol. The fourth-order valence-electron chi connectivity index (χ4n) is 1.53. The molecule has 0 aromatic rings. The highest BCUT2D eigenvalue weighted by molar-refractivity contribution is 6.30. The van der Waals surface area contributed by atoms with Crippen LogP contribution < -0.4 is 5.32 Å². The normalized spacial score (nSPS) is 19.2. The Morgan fingerprint density at radius 1 is 1.23 bits per heavy atom. The van der Waals surface area contributed by atoms with Crippen LogP contribution in [0.4, 0.5) is 0 Å². The number of allylic oxidation sites excluding steroid dienone is 4. The molecule has 0 atom stereocenters. The highest BCUT2D eigenvalue weighted by atomic mass is 35.5. The molecule has 0 unspecified atom stereocenters. The molecule has 0 spiro atoms. The van der Waals surface area contributed by atoms with Gasteiger partial charge in [-0.15, -0.1) is 0 Å². The summed E-state index contributed by atoms with van der Waals surface area (Å²) in [5.41, 5.74) is 1.17. The van der Waals surface area contributed by atoms with E-state index in [4.69, 9.17) is 11.6 Å². The van der Waals surface area contributed by atoms with Crippen LogP contribution in [0.25, 0.3) is 0 Å². The summed E-state index contributed by atoms with van der Waals surface area (Å²) in [5.74, 6) is 0.619. The topological polar surface area (TPSA) is 12.0 Å². The summed E-state index contributed by atoms with van der Waals surface area (Å²) in [6.45, 7) is 9.83. The molecule has 1 N–H and O–H groups in total. The van der Waals surface area contributed by atoms with Crippen LogP contribution in [0.2, 0.25) is 0 Å². The molecule has 1 aliphatic rings. The lowest BCUT2D eigenvalue weighted by Gasteiger charge is -2.22. The van der Waals surface area contributed by atoms with Crippen LogP contribution in [0.1, 0.15) is 12.8 Å². The van der Waals surface area contributed by atoms with Gasteiger partial charge >= 0.3 is 0 Å². The van der Waals surface area contributed by atoms with E-state index < -0.39 is 0 Å². The molecule has 0 saturated carbocycles. The van der Waals surface area contributed by atoms with E-state index in [-0.39, 0.29) is 0 Å². The molecule has 2 heteroatoms. The number of hydrogen-bond acceptors (Lipinski definition) is 1. The van der Waals surface area contributed by atoms with Gasteiger partial charge in [-0.3, -0.25) is 0 Å². The summed E-state index contributed by atoms with van der Waals surface area (Å²) < 4.78 is 0. The zero-order valence-electron chi connectivity index (χ0n) is 7.85. The Kier molecular flexibility index (Phi) is 4.26. The fourth-order valence-corrected chi connectivity index (χ4v) is 1.59. The van der Waals surface area contributed by atoms with Crippen LogP contribution in [-0.2, 0) is 0 Å². The number of halogens is 1. The summed E-state index contributed by atoms with van der Waals surface area (Å²) >= 11 is 5.63. The Morgan fingerprint density at radius 2 is 1.85 bits per heavy atom. The lowest BCUT2D eigenvalue weighted by atomic mass is 9.91. The van der Waals surface area contributed by atoms with Gasteiger partial charge in [0.15, 0.2) is 0 Å². The van der Waals surface area contributed by atoms with Crippen LogP contribution in [0.3, 0.4) is 0 Å². The minimum atomic E-state index is 0.565. The standard InChI is InChI=1S/C11H16ClN/c1-9(3-4-10(2)12)11-5-7-13-8-6-11/h3-4,11,13H,1-2,5-8H2/b4-3-. The summed E-state index contributed by atoms with van der Waals surface area (Å²) in [4.78, 5) is 0. The third kappa shape index (κ3) is 3.79. The third-order valence-electron chi connectivity index (χ3n) is 2.34. The van der Waals surface area contributed by atoms with Crippen LogP contribution in [-0.4, -0.2) is 13.1 Å². The van der Waals surface area contributed by atoms with Gasteiger partial charge in [-0.05, 0) is 37.9 Å². The molecule has 1 rings (SSSR count). The number of hydrogen-bond donors (Lipinski definition) is 1. The van der Waals surface area contributed by atoms with Gasteiger partial charge < -0.3 is 5.32 Å². The van der Waals surface area contributed by atoms with E-state index in [2.05, 4.69) is 18.5 Å². The molecule has 0 radical (unpaired) electrons. The van der Waals surface area contributed by atoms with E-state index in [9.17, 15) is 0 Å².